The Hall–Kier alpha value is -1.94. The van der Waals surface area contributed by atoms with Crippen LogP contribution in [-0.4, -0.2) is 41.6 Å². The number of amides is 1. The molecular weight excluding hydrogens is 436 g/mol. The quantitative estimate of drug-likeness (QED) is 0.741. The number of nitrogens with zero attached hydrogens (tertiary/aromatic N) is 1. The fraction of sp³-hybridized carbons (Fsp3) is 0.316. The van der Waals surface area contributed by atoms with E-state index in [1.54, 1.807) is 20.8 Å². The predicted molar refractivity (Wildman–Crippen MR) is 114 cm³/mol. The third kappa shape index (κ3) is 5.79. The third-order valence-corrected chi connectivity index (χ3v) is 7.23. The van der Waals surface area contributed by atoms with E-state index in [4.69, 9.17) is 11.6 Å². The summed E-state index contributed by atoms with van der Waals surface area (Å²) >= 11 is 6.07. The van der Waals surface area contributed by atoms with Crippen LogP contribution >= 0.6 is 11.6 Å². The van der Waals surface area contributed by atoms with Crippen molar-refractivity contribution in [2.24, 2.45) is 0 Å². The number of benzene rings is 2. The molecule has 1 N–H and O–H groups in total. The fourth-order valence-corrected chi connectivity index (χ4v) is 5.10. The van der Waals surface area contributed by atoms with Gasteiger partial charge in [-0.3, -0.25) is 4.79 Å². The average Bonchev–Trinajstić information content (AvgIpc) is 2.58. The predicted octanol–water partition coefficient (Wildman–Crippen LogP) is 3.10. The highest BCUT2D eigenvalue weighted by Crippen LogP contribution is 2.26. The Morgan fingerprint density at radius 3 is 2.03 bits per heavy atom. The lowest BCUT2D eigenvalue weighted by molar-refractivity contribution is 0.0993. The summed E-state index contributed by atoms with van der Waals surface area (Å²) in [6.07, 6.45) is 1.10. The second-order valence-corrected chi connectivity index (χ2v) is 11.7. The summed E-state index contributed by atoms with van der Waals surface area (Å²) < 4.78 is 50.9. The molecule has 7 nitrogen and oxygen atoms in total. The molecule has 29 heavy (non-hydrogen) atoms. The summed E-state index contributed by atoms with van der Waals surface area (Å²) in [7, 11) is -5.78. The standard InChI is InChI=1S/C19H23ClN2O5S2/c1-19(2,3)21-29(26,27)17-12-13(6-11-16(17)20)18(23)22(4)14-7-9-15(10-8-14)28(5,24)25/h6-12,21H,1-5H3. The summed E-state index contributed by atoms with van der Waals surface area (Å²) in [6, 6.07) is 9.82. The number of hydrogen-bond donors (Lipinski definition) is 1. The summed E-state index contributed by atoms with van der Waals surface area (Å²) in [4.78, 5) is 14.1. The largest absolute Gasteiger partial charge is 0.311 e. The van der Waals surface area contributed by atoms with E-state index in [-0.39, 0.29) is 20.4 Å². The van der Waals surface area contributed by atoms with Gasteiger partial charge in [0.2, 0.25) is 10.0 Å². The maximum Gasteiger partial charge on any atom is 0.258 e. The minimum Gasteiger partial charge on any atom is -0.311 e. The zero-order valence-electron chi connectivity index (χ0n) is 16.7. The van der Waals surface area contributed by atoms with E-state index in [0.717, 1.165) is 6.26 Å². The van der Waals surface area contributed by atoms with Crippen LogP contribution in [0.25, 0.3) is 0 Å². The molecule has 0 saturated carbocycles. The molecule has 2 aromatic carbocycles. The van der Waals surface area contributed by atoms with Gasteiger partial charge in [0.1, 0.15) is 4.90 Å². The van der Waals surface area contributed by atoms with E-state index in [2.05, 4.69) is 4.72 Å². The molecule has 0 unspecified atom stereocenters. The Morgan fingerprint density at radius 2 is 1.55 bits per heavy atom. The van der Waals surface area contributed by atoms with Gasteiger partial charge in [-0.2, -0.15) is 0 Å². The molecule has 0 aliphatic carbocycles. The number of carbonyl (C=O) groups is 1. The maximum atomic E-state index is 12.9. The van der Waals surface area contributed by atoms with Gasteiger partial charge < -0.3 is 4.90 Å². The van der Waals surface area contributed by atoms with Crippen molar-refractivity contribution in [3.8, 4) is 0 Å². The summed E-state index contributed by atoms with van der Waals surface area (Å²) in [5.41, 5.74) is -0.145. The van der Waals surface area contributed by atoms with Crippen molar-refractivity contribution >= 4 is 43.1 Å². The first kappa shape index (κ1) is 23.3. The van der Waals surface area contributed by atoms with E-state index >= 15 is 0 Å². The van der Waals surface area contributed by atoms with Crippen LogP contribution < -0.4 is 9.62 Å². The zero-order chi connectivity index (χ0) is 22.2. The van der Waals surface area contributed by atoms with Crippen LogP contribution in [0.15, 0.2) is 52.3 Å². The summed E-state index contributed by atoms with van der Waals surface area (Å²) in [5.74, 6) is -0.471. The van der Waals surface area contributed by atoms with Crippen LogP contribution in [0, 0.1) is 0 Å². The van der Waals surface area contributed by atoms with Gasteiger partial charge in [-0.05, 0) is 63.2 Å². The molecule has 10 heteroatoms. The highest BCUT2D eigenvalue weighted by atomic mass is 35.5. The molecule has 0 radical (unpaired) electrons. The van der Waals surface area contributed by atoms with Crippen LogP contribution in [0.4, 0.5) is 5.69 Å². The number of halogens is 1. The van der Waals surface area contributed by atoms with Crippen LogP contribution in [0.2, 0.25) is 5.02 Å². The molecule has 0 atom stereocenters. The Balaban J connectivity index is 2.39. The molecule has 2 aromatic rings. The van der Waals surface area contributed by atoms with Crippen LogP contribution in [0.5, 0.6) is 0 Å². The van der Waals surface area contributed by atoms with Crippen molar-refractivity contribution in [2.75, 3.05) is 18.2 Å². The van der Waals surface area contributed by atoms with Crippen LogP contribution in [-0.2, 0) is 19.9 Å². The van der Waals surface area contributed by atoms with Crippen molar-refractivity contribution in [1.29, 1.82) is 0 Å². The zero-order valence-corrected chi connectivity index (χ0v) is 19.1. The van der Waals surface area contributed by atoms with E-state index < -0.39 is 31.3 Å². The lowest BCUT2D eigenvalue weighted by atomic mass is 10.1. The van der Waals surface area contributed by atoms with Crippen molar-refractivity contribution in [3.63, 3.8) is 0 Å². The highest BCUT2D eigenvalue weighted by molar-refractivity contribution is 7.90. The van der Waals surface area contributed by atoms with Gasteiger partial charge in [-0.1, -0.05) is 11.6 Å². The first-order chi connectivity index (χ1) is 13.1. The Morgan fingerprint density at radius 1 is 1.00 bits per heavy atom. The van der Waals surface area contributed by atoms with Gasteiger partial charge >= 0.3 is 0 Å². The fourth-order valence-electron chi connectivity index (χ4n) is 2.53. The summed E-state index contributed by atoms with van der Waals surface area (Å²) in [5, 5.41) is -0.00143. The molecule has 0 aliphatic heterocycles. The first-order valence-electron chi connectivity index (χ1n) is 8.53. The molecule has 0 saturated heterocycles. The first-order valence-corrected chi connectivity index (χ1v) is 12.3. The van der Waals surface area contributed by atoms with E-state index in [1.807, 2.05) is 0 Å². The molecule has 0 fully saturated rings. The number of nitrogens with one attached hydrogen (secondary N) is 1. The number of carbonyl (C=O) groups excluding carboxylic acids is 1. The molecule has 0 heterocycles. The van der Waals surface area contributed by atoms with Crippen molar-refractivity contribution in [3.05, 3.63) is 53.1 Å². The van der Waals surface area contributed by atoms with Gasteiger partial charge in [0, 0.05) is 30.1 Å². The Labute approximate surface area is 176 Å². The van der Waals surface area contributed by atoms with Gasteiger partial charge in [0.25, 0.3) is 5.91 Å². The smallest absolute Gasteiger partial charge is 0.258 e. The normalized spacial score (nSPS) is 12.6. The minimum atomic E-state index is -3.94. The number of hydrogen-bond acceptors (Lipinski definition) is 5. The van der Waals surface area contributed by atoms with E-state index in [1.165, 1.54) is 54.4 Å². The number of rotatable bonds is 5. The molecule has 0 spiro atoms. The van der Waals surface area contributed by atoms with Gasteiger partial charge in [0.05, 0.1) is 9.92 Å². The van der Waals surface area contributed by atoms with Crippen LogP contribution in [0.1, 0.15) is 31.1 Å². The topological polar surface area (TPSA) is 101 Å². The second-order valence-electron chi connectivity index (χ2n) is 7.63. The Kier molecular flexibility index (Phi) is 6.49. The van der Waals surface area contributed by atoms with Gasteiger partial charge in [-0.25, -0.2) is 21.6 Å². The monoisotopic (exact) mass is 458 g/mol. The molecule has 2 rings (SSSR count). The molecule has 1 amide bonds. The van der Waals surface area contributed by atoms with E-state index in [0.29, 0.717) is 5.69 Å². The maximum absolute atomic E-state index is 12.9. The average molecular weight is 459 g/mol. The molecule has 158 valence electrons. The molecule has 0 aliphatic rings. The number of anilines is 1. The third-order valence-electron chi connectivity index (χ3n) is 3.87. The van der Waals surface area contributed by atoms with E-state index in [9.17, 15) is 21.6 Å². The molecular formula is C19H23ClN2O5S2. The molecule has 0 bridgehead atoms. The van der Waals surface area contributed by atoms with Crippen LogP contribution in [0.3, 0.4) is 0 Å². The number of sulfonamides is 1. The molecule has 0 aromatic heterocycles. The highest BCUT2D eigenvalue weighted by Gasteiger charge is 2.26. The minimum absolute atomic E-state index is 0.00143. The SMILES string of the molecule is CN(C(=O)c1ccc(Cl)c(S(=O)(=O)NC(C)(C)C)c1)c1ccc(S(C)(=O)=O)cc1. The lowest BCUT2D eigenvalue weighted by Gasteiger charge is -2.22. The Bertz CT molecular complexity index is 1140. The van der Waals surface area contributed by atoms with Crippen molar-refractivity contribution in [2.45, 2.75) is 36.1 Å². The van der Waals surface area contributed by atoms with Gasteiger partial charge in [-0.15, -0.1) is 0 Å². The second kappa shape index (κ2) is 8.06. The van der Waals surface area contributed by atoms with Gasteiger partial charge in [0.15, 0.2) is 9.84 Å². The van der Waals surface area contributed by atoms with Crippen molar-refractivity contribution in [1.82, 2.24) is 4.72 Å². The lowest BCUT2D eigenvalue weighted by Crippen LogP contribution is -2.40. The summed E-state index contributed by atoms with van der Waals surface area (Å²) in [6.45, 7) is 5.09. The van der Waals surface area contributed by atoms with Crippen molar-refractivity contribution < 1.29 is 21.6 Å². The number of sulfone groups is 1.